The molecule has 0 unspecified atom stereocenters. The largest absolute Gasteiger partial charge is 0.493 e. The molecule has 0 saturated heterocycles. The molecular formula is C24H25ClN4O4. The average molecular weight is 469 g/mol. The molecule has 2 amide bonds. The lowest BCUT2D eigenvalue weighted by Crippen LogP contribution is -2.46. The number of amides is 2. The van der Waals surface area contributed by atoms with E-state index in [1.54, 1.807) is 42.0 Å². The van der Waals surface area contributed by atoms with Gasteiger partial charge in [0, 0.05) is 23.7 Å². The highest BCUT2D eigenvalue weighted by molar-refractivity contribution is 6.30. The fourth-order valence-corrected chi connectivity index (χ4v) is 3.89. The Morgan fingerprint density at radius 1 is 1.06 bits per heavy atom. The van der Waals surface area contributed by atoms with E-state index in [1.165, 1.54) is 0 Å². The first kappa shape index (κ1) is 22.7. The fraction of sp³-hybridized carbons (Fsp3) is 0.292. The third-order valence-corrected chi connectivity index (χ3v) is 5.78. The first-order valence-electron chi connectivity index (χ1n) is 10.6. The Labute approximate surface area is 197 Å². The molecule has 8 nitrogen and oxygen atoms in total. The number of aromatic nitrogens is 2. The van der Waals surface area contributed by atoms with Crippen molar-refractivity contribution in [3.63, 3.8) is 0 Å². The van der Waals surface area contributed by atoms with Gasteiger partial charge in [0.2, 0.25) is 5.91 Å². The molecule has 2 aromatic carbocycles. The molecular weight excluding hydrogens is 444 g/mol. The number of hydrogen-bond donors (Lipinski definition) is 1. The Hall–Kier alpha value is -3.52. The molecule has 33 heavy (non-hydrogen) atoms. The summed E-state index contributed by atoms with van der Waals surface area (Å²) in [5.41, 5.74) is 3.08. The van der Waals surface area contributed by atoms with Gasteiger partial charge in [0.15, 0.2) is 11.5 Å². The second-order valence-corrected chi connectivity index (χ2v) is 8.10. The number of nitrogens with zero attached hydrogens (tertiary/aromatic N) is 3. The highest BCUT2D eigenvalue weighted by Crippen LogP contribution is 2.27. The van der Waals surface area contributed by atoms with Crippen LogP contribution in [0.2, 0.25) is 5.02 Å². The van der Waals surface area contributed by atoms with Gasteiger partial charge in [-0.2, -0.15) is 5.10 Å². The highest BCUT2D eigenvalue weighted by atomic mass is 35.5. The van der Waals surface area contributed by atoms with E-state index in [1.807, 2.05) is 30.3 Å². The number of hydrogen-bond acceptors (Lipinski definition) is 5. The van der Waals surface area contributed by atoms with Gasteiger partial charge >= 0.3 is 0 Å². The van der Waals surface area contributed by atoms with E-state index >= 15 is 0 Å². The van der Waals surface area contributed by atoms with E-state index < -0.39 is 0 Å². The Balaban J connectivity index is 1.32. The average Bonchev–Trinajstić information content (AvgIpc) is 3.26. The quantitative estimate of drug-likeness (QED) is 0.549. The van der Waals surface area contributed by atoms with Crippen LogP contribution in [0.1, 0.15) is 16.1 Å². The second-order valence-electron chi connectivity index (χ2n) is 7.66. The van der Waals surface area contributed by atoms with Gasteiger partial charge in [-0.1, -0.05) is 29.8 Å². The molecule has 0 bridgehead atoms. The lowest BCUT2D eigenvalue weighted by Gasteiger charge is -2.26. The fourth-order valence-electron chi connectivity index (χ4n) is 3.76. The van der Waals surface area contributed by atoms with Crippen LogP contribution >= 0.6 is 11.6 Å². The monoisotopic (exact) mass is 468 g/mol. The van der Waals surface area contributed by atoms with E-state index in [9.17, 15) is 9.59 Å². The molecule has 0 spiro atoms. The third-order valence-electron chi connectivity index (χ3n) is 5.53. The molecule has 1 aliphatic rings. The zero-order chi connectivity index (χ0) is 23.4. The molecule has 3 aromatic rings. The first-order valence-corrected chi connectivity index (χ1v) is 11.0. The molecule has 172 valence electrons. The molecule has 0 fully saturated rings. The molecule has 0 atom stereocenters. The van der Waals surface area contributed by atoms with Crippen LogP contribution < -0.4 is 14.8 Å². The van der Waals surface area contributed by atoms with Crippen molar-refractivity contribution in [3.8, 4) is 22.8 Å². The summed E-state index contributed by atoms with van der Waals surface area (Å²) in [4.78, 5) is 26.9. The van der Waals surface area contributed by atoms with Crippen molar-refractivity contribution in [1.82, 2.24) is 20.0 Å². The van der Waals surface area contributed by atoms with Crippen molar-refractivity contribution >= 4 is 23.4 Å². The summed E-state index contributed by atoms with van der Waals surface area (Å²) in [5.74, 6) is 0.904. The zero-order valence-electron chi connectivity index (χ0n) is 18.5. The van der Waals surface area contributed by atoms with E-state index in [-0.39, 0.29) is 18.4 Å². The summed E-state index contributed by atoms with van der Waals surface area (Å²) in [6.07, 6.45) is 0.636. The van der Waals surface area contributed by atoms with Crippen molar-refractivity contribution in [1.29, 1.82) is 0 Å². The predicted molar refractivity (Wildman–Crippen MR) is 125 cm³/mol. The number of benzene rings is 2. The van der Waals surface area contributed by atoms with Crippen molar-refractivity contribution in [3.05, 3.63) is 64.8 Å². The van der Waals surface area contributed by atoms with Crippen molar-refractivity contribution < 1.29 is 19.1 Å². The minimum atomic E-state index is -0.205. The van der Waals surface area contributed by atoms with Gasteiger partial charge in [-0.25, -0.2) is 0 Å². The maximum atomic E-state index is 12.9. The summed E-state index contributed by atoms with van der Waals surface area (Å²) >= 11 is 5.95. The zero-order valence-corrected chi connectivity index (χ0v) is 19.3. The van der Waals surface area contributed by atoms with Crippen LogP contribution in [-0.2, 0) is 17.8 Å². The van der Waals surface area contributed by atoms with E-state index in [0.29, 0.717) is 54.0 Å². The number of carbonyl (C=O) groups is 2. The molecule has 9 heteroatoms. The smallest absolute Gasteiger partial charge is 0.272 e. The standard InChI is InChI=1S/C24H25ClN4O4/c1-32-21-8-3-16(13-22(21)33-2)9-10-26-23(30)15-28-11-12-29-20(24(28)31)14-19(27-29)17-4-6-18(25)7-5-17/h3-8,13-14H,9-12,15H2,1-2H3,(H,26,30). The highest BCUT2D eigenvalue weighted by Gasteiger charge is 2.28. The van der Waals surface area contributed by atoms with Crippen LogP contribution in [0.25, 0.3) is 11.3 Å². The number of halogens is 1. The molecule has 0 radical (unpaired) electrons. The first-order chi connectivity index (χ1) is 16.0. The molecule has 1 aromatic heterocycles. The van der Waals surface area contributed by atoms with Crippen LogP contribution in [0.15, 0.2) is 48.5 Å². The maximum Gasteiger partial charge on any atom is 0.272 e. The second kappa shape index (κ2) is 9.95. The van der Waals surface area contributed by atoms with Gasteiger partial charge in [-0.05, 0) is 42.3 Å². The Kier molecular flexibility index (Phi) is 6.84. The van der Waals surface area contributed by atoms with Crippen molar-refractivity contribution in [2.24, 2.45) is 0 Å². The number of ether oxygens (including phenoxy) is 2. The van der Waals surface area contributed by atoms with Crippen LogP contribution in [0, 0.1) is 0 Å². The Morgan fingerprint density at radius 2 is 1.82 bits per heavy atom. The molecule has 2 heterocycles. The van der Waals surface area contributed by atoms with Gasteiger partial charge < -0.3 is 19.7 Å². The van der Waals surface area contributed by atoms with E-state index in [2.05, 4.69) is 10.4 Å². The molecule has 1 N–H and O–H groups in total. The lowest BCUT2D eigenvalue weighted by atomic mass is 10.1. The summed E-state index contributed by atoms with van der Waals surface area (Å²) < 4.78 is 12.2. The summed E-state index contributed by atoms with van der Waals surface area (Å²) in [7, 11) is 3.18. The molecule has 0 saturated carbocycles. The minimum absolute atomic E-state index is 0.00618. The van der Waals surface area contributed by atoms with Gasteiger partial charge in [0.05, 0.1) is 33.0 Å². The Bertz CT molecular complexity index is 1160. The van der Waals surface area contributed by atoms with Gasteiger partial charge in [0.1, 0.15) is 5.69 Å². The van der Waals surface area contributed by atoms with Gasteiger partial charge in [-0.3, -0.25) is 14.3 Å². The van der Waals surface area contributed by atoms with Crippen molar-refractivity contribution in [2.75, 3.05) is 33.9 Å². The van der Waals surface area contributed by atoms with Gasteiger partial charge in [0.25, 0.3) is 5.91 Å². The van der Waals surface area contributed by atoms with Crippen LogP contribution in [-0.4, -0.2) is 60.3 Å². The van der Waals surface area contributed by atoms with Crippen LogP contribution in [0.4, 0.5) is 0 Å². The van der Waals surface area contributed by atoms with Crippen LogP contribution in [0.5, 0.6) is 11.5 Å². The minimum Gasteiger partial charge on any atom is -0.493 e. The number of methoxy groups -OCH3 is 2. The SMILES string of the molecule is COc1ccc(CCNC(=O)CN2CCn3nc(-c4ccc(Cl)cc4)cc3C2=O)cc1OC. The summed E-state index contributed by atoms with van der Waals surface area (Å²) in [6, 6.07) is 14.7. The van der Waals surface area contributed by atoms with Gasteiger partial charge in [-0.15, -0.1) is 0 Å². The van der Waals surface area contributed by atoms with Crippen molar-refractivity contribution in [2.45, 2.75) is 13.0 Å². The topological polar surface area (TPSA) is 85.7 Å². The molecule has 1 aliphatic heterocycles. The summed E-state index contributed by atoms with van der Waals surface area (Å²) in [5, 5.41) is 8.06. The third kappa shape index (κ3) is 5.12. The van der Waals surface area contributed by atoms with E-state index in [4.69, 9.17) is 21.1 Å². The summed E-state index contributed by atoms with van der Waals surface area (Å²) in [6.45, 7) is 1.42. The molecule has 4 rings (SSSR count). The Morgan fingerprint density at radius 3 is 2.55 bits per heavy atom. The predicted octanol–water partition coefficient (Wildman–Crippen LogP) is 3.04. The number of rotatable bonds is 8. The number of carbonyl (C=O) groups excluding carboxylic acids is 2. The van der Waals surface area contributed by atoms with E-state index in [0.717, 1.165) is 11.1 Å². The molecule has 0 aliphatic carbocycles. The lowest BCUT2D eigenvalue weighted by molar-refractivity contribution is -0.121. The maximum absolute atomic E-state index is 12.9. The number of fused-ring (bicyclic) bond motifs is 1. The normalized spacial score (nSPS) is 12.9. The number of nitrogens with one attached hydrogen (secondary N) is 1. The van der Waals surface area contributed by atoms with Crippen LogP contribution in [0.3, 0.4) is 0 Å².